The molecule has 122 valence electrons. The van der Waals surface area contributed by atoms with Crippen molar-refractivity contribution < 1.29 is 14.4 Å². The zero-order valence-corrected chi connectivity index (χ0v) is 13.6. The molecule has 4 N–H and O–H groups in total. The molecule has 1 saturated heterocycles. The van der Waals surface area contributed by atoms with Crippen LogP contribution in [0.3, 0.4) is 0 Å². The van der Waals surface area contributed by atoms with Gasteiger partial charge in [-0.1, -0.05) is 19.8 Å². The minimum atomic E-state index is -1.00. The van der Waals surface area contributed by atoms with Crippen LogP contribution < -0.4 is 16.4 Å². The summed E-state index contributed by atoms with van der Waals surface area (Å²) < 4.78 is 0. The average molecular weight is 321 g/mol. The summed E-state index contributed by atoms with van der Waals surface area (Å²) >= 11 is 0. The number of carbonyl (C=O) groups excluding carboxylic acids is 3. The number of amides is 4. The van der Waals surface area contributed by atoms with Crippen LogP contribution in [0.5, 0.6) is 0 Å². The Kier molecular flexibility index (Phi) is 7.67. The van der Waals surface area contributed by atoms with Crippen molar-refractivity contribution in [3.05, 3.63) is 0 Å². The number of urea groups is 1. The van der Waals surface area contributed by atoms with E-state index in [1.165, 1.54) is 4.90 Å². The van der Waals surface area contributed by atoms with Gasteiger partial charge in [-0.25, -0.2) is 4.79 Å². The lowest BCUT2D eigenvalue weighted by Gasteiger charge is -2.28. The summed E-state index contributed by atoms with van der Waals surface area (Å²) in [5, 5.41) is 5.01. The highest BCUT2D eigenvalue weighted by Crippen LogP contribution is 2.20. The Morgan fingerprint density at radius 3 is 2.48 bits per heavy atom. The summed E-state index contributed by atoms with van der Waals surface area (Å²) in [7, 11) is 0. The first kappa shape index (κ1) is 19.7. The van der Waals surface area contributed by atoms with Gasteiger partial charge in [0.2, 0.25) is 5.91 Å². The van der Waals surface area contributed by atoms with Crippen LogP contribution >= 0.6 is 12.4 Å². The lowest BCUT2D eigenvalue weighted by atomic mass is 10.0. The Morgan fingerprint density at radius 1 is 1.43 bits per heavy atom. The van der Waals surface area contributed by atoms with E-state index in [2.05, 4.69) is 17.6 Å². The Balaban J connectivity index is 0.00000400. The van der Waals surface area contributed by atoms with E-state index in [1.54, 1.807) is 13.8 Å². The van der Waals surface area contributed by atoms with Crippen molar-refractivity contribution in [3.8, 4) is 0 Å². The molecule has 1 fully saturated rings. The molecule has 0 aromatic heterocycles. The number of hydrogen-bond acceptors (Lipinski definition) is 4. The van der Waals surface area contributed by atoms with E-state index < -0.39 is 17.5 Å². The first-order valence-corrected chi connectivity index (χ1v) is 6.95. The molecule has 1 atom stereocenters. The summed E-state index contributed by atoms with van der Waals surface area (Å²) in [4.78, 5) is 36.5. The fourth-order valence-electron chi connectivity index (χ4n) is 2.08. The molecule has 0 bridgehead atoms. The molecule has 8 heteroatoms. The number of nitrogens with one attached hydrogen (secondary N) is 2. The number of unbranched alkanes of at least 4 members (excludes halogenated alkanes) is 1. The molecule has 0 saturated carbocycles. The van der Waals surface area contributed by atoms with Crippen molar-refractivity contribution in [1.29, 1.82) is 0 Å². The maximum atomic E-state index is 12.0. The SMILES string of the molecule is CCCCC(CN)NC(=O)CN1C(=O)NC(=O)C1(C)C.Cl. The van der Waals surface area contributed by atoms with Crippen molar-refractivity contribution in [1.82, 2.24) is 15.5 Å². The minimum Gasteiger partial charge on any atom is -0.351 e. The van der Waals surface area contributed by atoms with Crippen molar-refractivity contribution >= 4 is 30.3 Å². The van der Waals surface area contributed by atoms with Gasteiger partial charge in [-0.3, -0.25) is 14.9 Å². The second-order valence-corrected chi connectivity index (χ2v) is 5.55. The molecule has 0 spiro atoms. The molecule has 1 heterocycles. The third kappa shape index (κ3) is 4.86. The van der Waals surface area contributed by atoms with E-state index in [0.717, 1.165) is 19.3 Å². The summed E-state index contributed by atoms with van der Waals surface area (Å²) in [6.45, 7) is 5.50. The highest BCUT2D eigenvalue weighted by atomic mass is 35.5. The third-order valence-corrected chi connectivity index (χ3v) is 3.55. The topological polar surface area (TPSA) is 105 Å². The first-order valence-electron chi connectivity index (χ1n) is 6.95. The normalized spacial score (nSPS) is 18.0. The molecule has 1 aliphatic rings. The van der Waals surface area contributed by atoms with Gasteiger partial charge < -0.3 is 16.0 Å². The predicted octanol–water partition coefficient (Wildman–Crippen LogP) is 0.372. The number of nitrogens with two attached hydrogens (primary N) is 1. The second-order valence-electron chi connectivity index (χ2n) is 5.55. The Hall–Kier alpha value is -1.34. The van der Waals surface area contributed by atoms with E-state index in [9.17, 15) is 14.4 Å². The van der Waals surface area contributed by atoms with Crippen molar-refractivity contribution in [2.24, 2.45) is 5.73 Å². The molecule has 7 nitrogen and oxygen atoms in total. The van der Waals surface area contributed by atoms with Crippen LogP contribution in [0.15, 0.2) is 0 Å². The molecule has 1 rings (SSSR count). The summed E-state index contributed by atoms with van der Waals surface area (Å²) in [5.74, 6) is -0.689. The molecule has 0 aromatic rings. The van der Waals surface area contributed by atoms with Gasteiger partial charge in [0.05, 0.1) is 0 Å². The number of halogens is 1. The zero-order valence-electron chi connectivity index (χ0n) is 12.8. The van der Waals surface area contributed by atoms with Crippen molar-refractivity contribution in [3.63, 3.8) is 0 Å². The molecule has 0 aliphatic carbocycles. The van der Waals surface area contributed by atoms with E-state index in [1.807, 2.05) is 0 Å². The Bertz CT molecular complexity index is 401. The van der Waals surface area contributed by atoms with Crippen LogP contribution in [0.1, 0.15) is 40.0 Å². The number of hydrogen-bond donors (Lipinski definition) is 3. The molecule has 1 aliphatic heterocycles. The van der Waals surface area contributed by atoms with Gasteiger partial charge in [0.1, 0.15) is 12.1 Å². The van der Waals surface area contributed by atoms with Gasteiger partial charge in [0.25, 0.3) is 5.91 Å². The number of nitrogens with zero attached hydrogens (tertiary/aromatic N) is 1. The largest absolute Gasteiger partial charge is 0.351 e. The van der Waals surface area contributed by atoms with E-state index in [0.29, 0.717) is 6.54 Å². The molecule has 0 radical (unpaired) electrons. The van der Waals surface area contributed by atoms with Crippen LogP contribution in [-0.4, -0.2) is 47.4 Å². The van der Waals surface area contributed by atoms with Gasteiger partial charge in [-0.05, 0) is 20.3 Å². The van der Waals surface area contributed by atoms with Gasteiger partial charge in [0.15, 0.2) is 0 Å². The Labute approximate surface area is 131 Å². The zero-order chi connectivity index (χ0) is 15.3. The Morgan fingerprint density at radius 2 is 2.05 bits per heavy atom. The van der Waals surface area contributed by atoms with Crippen LogP contribution in [-0.2, 0) is 9.59 Å². The van der Waals surface area contributed by atoms with Crippen LogP contribution in [0.4, 0.5) is 4.79 Å². The average Bonchev–Trinajstić information content (AvgIpc) is 2.57. The van der Waals surface area contributed by atoms with Gasteiger partial charge in [-0.2, -0.15) is 0 Å². The van der Waals surface area contributed by atoms with Gasteiger partial charge in [0, 0.05) is 12.6 Å². The molecule has 0 aromatic carbocycles. The summed E-state index contributed by atoms with van der Waals surface area (Å²) in [6, 6.07) is -0.625. The lowest BCUT2D eigenvalue weighted by molar-refractivity contribution is -0.127. The molecule has 1 unspecified atom stereocenters. The maximum Gasteiger partial charge on any atom is 0.325 e. The minimum absolute atomic E-state index is 0. The third-order valence-electron chi connectivity index (χ3n) is 3.55. The monoisotopic (exact) mass is 320 g/mol. The van der Waals surface area contributed by atoms with E-state index >= 15 is 0 Å². The number of carbonyl (C=O) groups is 3. The van der Waals surface area contributed by atoms with Gasteiger partial charge >= 0.3 is 6.03 Å². The number of rotatable bonds is 7. The second kappa shape index (κ2) is 8.19. The maximum absolute atomic E-state index is 12.0. The van der Waals surface area contributed by atoms with Crippen LogP contribution in [0, 0.1) is 0 Å². The van der Waals surface area contributed by atoms with E-state index in [4.69, 9.17) is 5.73 Å². The van der Waals surface area contributed by atoms with Crippen molar-refractivity contribution in [2.45, 2.75) is 51.6 Å². The highest BCUT2D eigenvalue weighted by molar-refractivity contribution is 6.07. The van der Waals surface area contributed by atoms with Crippen molar-refractivity contribution in [2.75, 3.05) is 13.1 Å². The lowest BCUT2D eigenvalue weighted by Crippen LogP contribution is -2.51. The van der Waals surface area contributed by atoms with E-state index in [-0.39, 0.29) is 30.9 Å². The fourth-order valence-corrected chi connectivity index (χ4v) is 2.08. The smallest absolute Gasteiger partial charge is 0.325 e. The van der Waals surface area contributed by atoms with Crippen LogP contribution in [0.25, 0.3) is 0 Å². The number of imide groups is 1. The summed E-state index contributed by atoms with van der Waals surface area (Å²) in [5.41, 5.74) is 4.61. The first-order chi connectivity index (χ1) is 9.32. The molecule has 4 amide bonds. The molecular weight excluding hydrogens is 296 g/mol. The van der Waals surface area contributed by atoms with Crippen LogP contribution in [0.2, 0.25) is 0 Å². The quantitative estimate of drug-likeness (QED) is 0.589. The summed E-state index contributed by atoms with van der Waals surface area (Å²) in [6.07, 6.45) is 2.83. The fraction of sp³-hybridized carbons (Fsp3) is 0.769. The standard InChI is InChI=1S/C13H24N4O3.ClH/c1-4-5-6-9(7-14)15-10(18)8-17-12(20)16-11(19)13(17,2)3;/h9H,4-8,14H2,1-3H3,(H,15,18)(H,16,19,20);1H. The molecular formula is C13H25ClN4O3. The molecule has 21 heavy (non-hydrogen) atoms. The predicted molar refractivity (Wildman–Crippen MR) is 82.1 cm³/mol. The van der Waals surface area contributed by atoms with Gasteiger partial charge in [-0.15, -0.1) is 12.4 Å². The highest BCUT2D eigenvalue weighted by Gasteiger charge is 2.46.